The number of aliphatic hydroxyl groups excluding tert-OH is 2. The summed E-state index contributed by atoms with van der Waals surface area (Å²) >= 11 is 0. The summed E-state index contributed by atoms with van der Waals surface area (Å²) in [5.41, 5.74) is 0.497. The standard InChI is InChI=1S/C24H44N2O2/c1-21(2)15-9-11-23(21,5)19(27)17(15)25(7)13-14-26(8)18-16-10-12-24(6,20(18)28)22(16,3)4/h15-20,27-28H,9-14H2,1-8H3/t15-,16-,17-,18-,19+,20+,23+,24+/m1/s1. The molecule has 0 aliphatic heterocycles. The van der Waals surface area contributed by atoms with E-state index < -0.39 is 0 Å². The Kier molecular flexibility index (Phi) is 4.66. The molecule has 162 valence electrons. The fraction of sp³-hybridized carbons (Fsp3) is 1.00. The average molecular weight is 393 g/mol. The number of fused-ring (bicyclic) bond motifs is 4. The van der Waals surface area contributed by atoms with Crippen LogP contribution in [0.5, 0.6) is 0 Å². The number of likely N-dealkylation sites (N-methyl/N-ethyl adjacent to an activating group) is 2. The lowest BCUT2D eigenvalue weighted by atomic mass is 9.70. The summed E-state index contributed by atoms with van der Waals surface area (Å²) in [5.74, 6) is 1.16. The maximum atomic E-state index is 11.2. The Labute approximate surface area is 172 Å². The van der Waals surface area contributed by atoms with E-state index in [-0.39, 0.29) is 46.0 Å². The van der Waals surface area contributed by atoms with Crippen LogP contribution in [0.15, 0.2) is 0 Å². The number of hydrogen-bond donors (Lipinski definition) is 2. The maximum absolute atomic E-state index is 11.2. The predicted molar refractivity (Wildman–Crippen MR) is 114 cm³/mol. The SMILES string of the molecule is CN(CCN(C)[C@@H]1[C@H]2CC[C@@](C)([C@H]1O)C2(C)C)[C@@H]1[C@H]2CC[C@@](C)([C@H]1O)C2(C)C. The fourth-order valence-corrected chi connectivity index (χ4v) is 8.28. The molecule has 4 aliphatic rings. The summed E-state index contributed by atoms with van der Waals surface area (Å²) in [6, 6.07) is 0.530. The first-order chi connectivity index (χ1) is 12.8. The van der Waals surface area contributed by atoms with Gasteiger partial charge in [-0.15, -0.1) is 0 Å². The lowest BCUT2D eigenvalue weighted by Crippen LogP contribution is -2.52. The van der Waals surface area contributed by atoms with Crippen LogP contribution in [0.3, 0.4) is 0 Å². The number of nitrogens with zero attached hydrogens (tertiary/aromatic N) is 2. The second kappa shape index (κ2) is 6.18. The molecule has 4 saturated carbocycles. The summed E-state index contributed by atoms with van der Waals surface area (Å²) in [4.78, 5) is 4.84. The molecule has 0 radical (unpaired) electrons. The minimum atomic E-state index is -0.234. The van der Waals surface area contributed by atoms with E-state index >= 15 is 0 Å². The van der Waals surface area contributed by atoms with Crippen LogP contribution in [0.1, 0.15) is 67.2 Å². The van der Waals surface area contributed by atoms with Crippen LogP contribution in [-0.4, -0.2) is 71.5 Å². The molecule has 28 heavy (non-hydrogen) atoms. The molecule has 0 saturated heterocycles. The number of aliphatic hydroxyl groups is 2. The van der Waals surface area contributed by atoms with E-state index in [0.29, 0.717) is 11.8 Å². The quantitative estimate of drug-likeness (QED) is 0.754. The lowest BCUT2D eigenvalue weighted by molar-refractivity contribution is -0.0367. The molecule has 0 unspecified atom stereocenters. The molecule has 0 spiro atoms. The Bertz CT molecular complexity index is 580. The third-order valence-corrected chi connectivity index (χ3v) is 11.3. The molecule has 4 aliphatic carbocycles. The van der Waals surface area contributed by atoms with Crippen molar-refractivity contribution < 1.29 is 10.2 Å². The van der Waals surface area contributed by atoms with Gasteiger partial charge in [-0.3, -0.25) is 9.80 Å². The van der Waals surface area contributed by atoms with Gasteiger partial charge in [-0.25, -0.2) is 0 Å². The third-order valence-electron chi connectivity index (χ3n) is 11.3. The molecule has 4 rings (SSSR count). The smallest absolute Gasteiger partial charge is 0.0756 e. The Morgan fingerprint density at radius 2 is 1.00 bits per heavy atom. The van der Waals surface area contributed by atoms with Gasteiger partial charge in [0.1, 0.15) is 0 Å². The van der Waals surface area contributed by atoms with E-state index in [2.05, 4.69) is 65.4 Å². The highest BCUT2D eigenvalue weighted by molar-refractivity contribution is 5.18. The summed E-state index contributed by atoms with van der Waals surface area (Å²) < 4.78 is 0. The van der Waals surface area contributed by atoms with Gasteiger partial charge in [-0.1, -0.05) is 41.5 Å². The molecule has 0 aromatic carbocycles. The van der Waals surface area contributed by atoms with E-state index in [4.69, 9.17) is 0 Å². The molecule has 4 heteroatoms. The van der Waals surface area contributed by atoms with Gasteiger partial charge in [0.15, 0.2) is 0 Å². The lowest BCUT2D eigenvalue weighted by Gasteiger charge is -2.41. The van der Waals surface area contributed by atoms with Crippen LogP contribution in [0.25, 0.3) is 0 Å². The van der Waals surface area contributed by atoms with E-state index in [1.807, 2.05) is 0 Å². The van der Waals surface area contributed by atoms with Crippen LogP contribution >= 0.6 is 0 Å². The average Bonchev–Trinajstić information content (AvgIpc) is 3.10. The molecule has 2 N–H and O–H groups in total. The van der Waals surface area contributed by atoms with Crippen molar-refractivity contribution in [2.45, 2.75) is 91.5 Å². The zero-order valence-corrected chi connectivity index (χ0v) is 19.5. The van der Waals surface area contributed by atoms with Gasteiger partial charge < -0.3 is 10.2 Å². The van der Waals surface area contributed by atoms with E-state index in [1.165, 1.54) is 12.8 Å². The highest BCUT2D eigenvalue weighted by atomic mass is 16.3. The first-order valence-electron chi connectivity index (χ1n) is 11.6. The van der Waals surface area contributed by atoms with Gasteiger partial charge in [0.2, 0.25) is 0 Å². The van der Waals surface area contributed by atoms with Crippen molar-refractivity contribution in [2.75, 3.05) is 27.2 Å². The predicted octanol–water partition coefficient (Wildman–Crippen LogP) is 3.22. The normalized spacial score (nSPS) is 51.0. The van der Waals surface area contributed by atoms with Gasteiger partial charge in [-0.05, 0) is 62.4 Å². The molecule has 0 aromatic rings. The Morgan fingerprint density at radius 1 is 0.679 bits per heavy atom. The molecule has 8 atom stereocenters. The molecular formula is C24H44N2O2. The largest absolute Gasteiger partial charge is 0.391 e. The highest BCUT2D eigenvalue weighted by Crippen LogP contribution is 2.67. The van der Waals surface area contributed by atoms with E-state index in [1.54, 1.807) is 0 Å². The molecule has 0 amide bonds. The second-order valence-electron chi connectivity index (χ2n) is 12.4. The molecular weight excluding hydrogens is 348 g/mol. The Hall–Kier alpha value is -0.160. The minimum Gasteiger partial charge on any atom is -0.391 e. The van der Waals surface area contributed by atoms with Crippen LogP contribution in [0, 0.1) is 33.5 Å². The van der Waals surface area contributed by atoms with E-state index in [0.717, 1.165) is 25.9 Å². The Morgan fingerprint density at radius 3 is 1.25 bits per heavy atom. The van der Waals surface area contributed by atoms with Gasteiger partial charge in [0.05, 0.1) is 12.2 Å². The summed E-state index contributed by atoms with van der Waals surface area (Å²) in [6.07, 6.45) is 4.31. The van der Waals surface area contributed by atoms with Crippen LogP contribution in [0.4, 0.5) is 0 Å². The monoisotopic (exact) mass is 392 g/mol. The van der Waals surface area contributed by atoms with Gasteiger partial charge in [-0.2, -0.15) is 0 Å². The Balaban J connectivity index is 1.42. The van der Waals surface area contributed by atoms with Crippen molar-refractivity contribution in [1.29, 1.82) is 0 Å². The van der Waals surface area contributed by atoms with Crippen molar-refractivity contribution in [3.63, 3.8) is 0 Å². The molecule has 4 fully saturated rings. The van der Waals surface area contributed by atoms with Crippen molar-refractivity contribution in [2.24, 2.45) is 33.5 Å². The zero-order chi connectivity index (χ0) is 20.9. The molecule has 4 bridgehead atoms. The van der Waals surface area contributed by atoms with Crippen LogP contribution in [-0.2, 0) is 0 Å². The summed E-state index contributed by atoms with van der Waals surface area (Å²) in [6.45, 7) is 16.0. The van der Waals surface area contributed by atoms with Crippen LogP contribution < -0.4 is 0 Å². The minimum absolute atomic E-state index is 0.0436. The van der Waals surface area contributed by atoms with Crippen LogP contribution in [0.2, 0.25) is 0 Å². The summed E-state index contributed by atoms with van der Waals surface area (Å²) in [5, 5.41) is 22.3. The highest BCUT2D eigenvalue weighted by Gasteiger charge is 2.68. The van der Waals surface area contributed by atoms with E-state index in [9.17, 15) is 10.2 Å². The molecule has 4 nitrogen and oxygen atoms in total. The van der Waals surface area contributed by atoms with Crippen molar-refractivity contribution in [1.82, 2.24) is 9.80 Å². The summed E-state index contributed by atoms with van der Waals surface area (Å²) in [7, 11) is 4.40. The topological polar surface area (TPSA) is 46.9 Å². The van der Waals surface area contributed by atoms with Gasteiger partial charge in [0, 0.05) is 36.0 Å². The molecule has 0 aromatic heterocycles. The first-order valence-corrected chi connectivity index (χ1v) is 11.6. The number of rotatable bonds is 5. The molecule has 0 heterocycles. The van der Waals surface area contributed by atoms with Gasteiger partial charge >= 0.3 is 0 Å². The number of hydrogen-bond acceptors (Lipinski definition) is 4. The van der Waals surface area contributed by atoms with Gasteiger partial charge in [0.25, 0.3) is 0 Å². The van der Waals surface area contributed by atoms with Crippen molar-refractivity contribution in [3.8, 4) is 0 Å². The second-order valence-corrected chi connectivity index (χ2v) is 12.4. The van der Waals surface area contributed by atoms with Crippen molar-refractivity contribution >= 4 is 0 Å². The zero-order valence-electron chi connectivity index (χ0n) is 19.5. The van der Waals surface area contributed by atoms with Crippen molar-refractivity contribution in [3.05, 3.63) is 0 Å². The first kappa shape index (κ1) is 21.1. The fourth-order valence-electron chi connectivity index (χ4n) is 8.28. The third kappa shape index (κ3) is 2.32. The maximum Gasteiger partial charge on any atom is 0.0756 e.